The smallest absolute Gasteiger partial charge is 0.263 e. The average molecular weight is 387 g/mol. The van der Waals surface area contributed by atoms with Crippen LogP contribution in [0.5, 0.6) is 5.75 Å². The molecule has 144 valence electrons. The van der Waals surface area contributed by atoms with Crippen LogP contribution in [0.3, 0.4) is 0 Å². The summed E-state index contributed by atoms with van der Waals surface area (Å²) in [5.41, 5.74) is 3.29. The molecule has 1 amide bonds. The Morgan fingerprint density at radius 2 is 1.85 bits per heavy atom. The van der Waals surface area contributed by atoms with Crippen molar-refractivity contribution in [1.29, 1.82) is 0 Å². The summed E-state index contributed by atoms with van der Waals surface area (Å²) in [4.78, 5) is 17.2. The standard InChI is InChI=1S/C22H27ClN2O2/c1-4-20(27-21-14-16(2)8-9-17(21)3)22(26)25-12-10-24(11-13-25)19-7-5-6-18(23)15-19/h5-9,14-15,20H,4,10-13H2,1-3H3/t20-/m1/s1. The number of hydrogen-bond donors (Lipinski definition) is 0. The second kappa shape index (κ2) is 8.66. The van der Waals surface area contributed by atoms with Crippen LogP contribution in [0.15, 0.2) is 42.5 Å². The molecule has 2 aromatic carbocycles. The number of amides is 1. The summed E-state index contributed by atoms with van der Waals surface area (Å²) in [5, 5.41) is 0.735. The number of ether oxygens (including phenoxy) is 1. The Balaban J connectivity index is 1.62. The summed E-state index contributed by atoms with van der Waals surface area (Å²) < 4.78 is 6.10. The monoisotopic (exact) mass is 386 g/mol. The van der Waals surface area contributed by atoms with E-state index in [2.05, 4.69) is 17.0 Å². The van der Waals surface area contributed by atoms with E-state index in [0.717, 1.165) is 40.7 Å². The topological polar surface area (TPSA) is 32.8 Å². The zero-order valence-corrected chi connectivity index (χ0v) is 17.0. The highest BCUT2D eigenvalue weighted by Crippen LogP contribution is 2.23. The second-order valence-electron chi connectivity index (χ2n) is 7.08. The third kappa shape index (κ3) is 4.75. The first kappa shape index (κ1) is 19.6. The summed E-state index contributed by atoms with van der Waals surface area (Å²) in [6, 6.07) is 14.0. The van der Waals surface area contributed by atoms with Gasteiger partial charge in [0.1, 0.15) is 5.75 Å². The van der Waals surface area contributed by atoms with E-state index < -0.39 is 6.10 Å². The molecule has 0 aromatic heterocycles. The predicted octanol–water partition coefficient (Wildman–Crippen LogP) is 4.46. The van der Waals surface area contributed by atoms with E-state index >= 15 is 0 Å². The highest BCUT2D eigenvalue weighted by Gasteiger charge is 2.28. The van der Waals surface area contributed by atoms with Crippen LogP contribution in [-0.4, -0.2) is 43.1 Å². The fraction of sp³-hybridized carbons (Fsp3) is 0.409. The maximum Gasteiger partial charge on any atom is 0.263 e. The van der Waals surface area contributed by atoms with E-state index in [1.54, 1.807) is 0 Å². The molecule has 3 rings (SSSR count). The lowest BCUT2D eigenvalue weighted by Crippen LogP contribution is -2.52. The van der Waals surface area contributed by atoms with Crippen molar-refractivity contribution < 1.29 is 9.53 Å². The van der Waals surface area contributed by atoms with E-state index in [1.807, 2.05) is 56.0 Å². The van der Waals surface area contributed by atoms with Gasteiger partial charge in [-0.25, -0.2) is 0 Å². The molecule has 0 bridgehead atoms. The first-order chi connectivity index (χ1) is 13.0. The zero-order chi connectivity index (χ0) is 19.4. The molecule has 1 saturated heterocycles. The van der Waals surface area contributed by atoms with Crippen LogP contribution >= 0.6 is 11.6 Å². The van der Waals surface area contributed by atoms with Crippen LogP contribution in [0.25, 0.3) is 0 Å². The summed E-state index contributed by atoms with van der Waals surface area (Å²) >= 11 is 6.10. The Labute approximate surface area is 166 Å². The van der Waals surface area contributed by atoms with E-state index in [1.165, 1.54) is 0 Å². The summed E-state index contributed by atoms with van der Waals surface area (Å²) in [6.07, 6.45) is 0.212. The largest absolute Gasteiger partial charge is 0.480 e. The van der Waals surface area contributed by atoms with Crippen molar-refractivity contribution in [3.05, 3.63) is 58.6 Å². The molecular formula is C22H27ClN2O2. The minimum atomic E-state index is -0.441. The summed E-state index contributed by atoms with van der Waals surface area (Å²) in [5.74, 6) is 0.872. The van der Waals surface area contributed by atoms with E-state index in [0.29, 0.717) is 19.5 Å². The number of carbonyl (C=O) groups is 1. The van der Waals surface area contributed by atoms with Crippen LogP contribution in [0.4, 0.5) is 5.69 Å². The van der Waals surface area contributed by atoms with Gasteiger partial charge in [0.05, 0.1) is 0 Å². The molecule has 0 saturated carbocycles. The molecule has 1 atom stereocenters. The van der Waals surface area contributed by atoms with Crippen molar-refractivity contribution in [3.63, 3.8) is 0 Å². The van der Waals surface area contributed by atoms with Gasteiger partial charge in [0.25, 0.3) is 5.91 Å². The molecule has 0 unspecified atom stereocenters. The lowest BCUT2D eigenvalue weighted by molar-refractivity contribution is -0.139. The highest BCUT2D eigenvalue weighted by atomic mass is 35.5. The average Bonchev–Trinajstić information content (AvgIpc) is 2.68. The van der Waals surface area contributed by atoms with Crippen molar-refractivity contribution in [2.45, 2.75) is 33.3 Å². The van der Waals surface area contributed by atoms with Crippen LogP contribution in [0.2, 0.25) is 5.02 Å². The molecule has 1 heterocycles. The second-order valence-corrected chi connectivity index (χ2v) is 7.51. The first-order valence-electron chi connectivity index (χ1n) is 9.51. The van der Waals surface area contributed by atoms with Gasteiger partial charge in [0, 0.05) is 36.9 Å². The molecule has 5 heteroatoms. The van der Waals surface area contributed by atoms with Crippen molar-refractivity contribution >= 4 is 23.2 Å². The van der Waals surface area contributed by atoms with Crippen molar-refractivity contribution in [2.24, 2.45) is 0 Å². The Hall–Kier alpha value is -2.20. The Bertz CT molecular complexity index is 801. The SMILES string of the molecule is CC[C@@H](Oc1cc(C)ccc1C)C(=O)N1CCN(c2cccc(Cl)c2)CC1. The van der Waals surface area contributed by atoms with Gasteiger partial charge in [-0.05, 0) is 55.7 Å². The highest BCUT2D eigenvalue weighted by molar-refractivity contribution is 6.30. The van der Waals surface area contributed by atoms with E-state index in [9.17, 15) is 4.79 Å². The van der Waals surface area contributed by atoms with Crippen LogP contribution in [-0.2, 0) is 4.79 Å². The fourth-order valence-corrected chi connectivity index (χ4v) is 3.54. The molecule has 0 radical (unpaired) electrons. The minimum absolute atomic E-state index is 0.0733. The first-order valence-corrected chi connectivity index (χ1v) is 9.89. The van der Waals surface area contributed by atoms with Gasteiger partial charge < -0.3 is 14.5 Å². The van der Waals surface area contributed by atoms with Gasteiger partial charge in [0.15, 0.2) is 6.10 Å². The van der Waals surface area contributed by atoms with Crippen molar-refractivity contribution in [1.82, 2.24) is 4.90 Å². The number of carbonyl (C=O) groups excluding carboxylic acids is 1. The number of aryl methyl sites for hydroxylation is 2. The van der Waals surface area contributed by atoms with Crippen molar-refractivity contribution in [2.75, 3.05) is 31.1 Å². The van der Waals surface area contributed by atoms with Gasteiger partial charge in [0.2, 0.25) is 0 Å². The number of benzene rings is 2. The molecule has 27 heavy (non-hydrogen) atoms. The summed E-state index contributed by atoms with van der Waals surface area (Å²) in [6.45, 7) is 9.02. The van der Waals surface area contributed by atoms with Crippen LogP contribution < -0.4 is 9.64 Å². The number of hydrogen-bond acceptors (Lipinski definition) is 3. The van der Waals surface area contributed by atoms with Crippen LogP contribution in [0, 0.1) is 13.8 Å². The molecule has 0 aliphatic carbocycles. The number of halogens is 1. The lowest BCUT2D eigenvalue weighted by Gasteiger charge is -2.37. The Kier molecular flexibility index (Phi) is 6.27. The molecule has 0 N–H and O–H groups in total. The molecule has 1 aliphatic heterocycles. The number of nitrogens with zero attached hydrogens (tertiary/aromatic N) is 2. The van der Waals surface area contributed by atoms with Gasteiger partial charge in [-0.2, -0.15) is 0 Å². The van der Waals surface area contributed by atoms with Gasteiger partial charge in [-0.3, -0.25) is 4.79 Å². The molecular weight excluding hydrogens is 360 g/mol. The van der Waals surface area contributed by atoms with Gasteiger partial charge in [-0.1, -0.05) is 36.7 Å². The zero-order valence-electron chi connectivity index (χ0n) is 16.2. The van der Waals surface area contributed by atoms with Gasteiger partial charge in [-0.15, -0.1) is 0 Å². The normalized spacial score (nSPS) is 15.6. The number of anilines is 1. The molecule has 1 fully saturated rings. The van der Waals surface area contributed by atoms with Gasteiger partial charge >= 0.3 is 0 Å². The third-order valence-electron chi connectivity index (χ3n) is 5.02. The third-order valence-corrected chi connectivity index (χ3v) is 5.26. The molecule has 2 aromatic rings. The molecule has 4 nitrogen and oxygen atoms in total. The maximum atomic E-state index is 13.0. The van der Waals surface area contributed by atoms with E-state index in [4.69, 9.17) is 16.3 Å². The molecule has 1 aliphatic rings. The minimum Gasteiger partial charge on any atom is -0.480 e. The van der Waals surface area contributed by atoms with Crippen LogP contribution in [0.1, 0.15) is 24.5 Å². The van der Waals surface area contributed by atoms with Crippen molar-refractivity contribution in [3.8, 4) is 5.75 Å². The number of piperazine rings is 1. The summed E-state index contributed by atoms with van der Waals surface area (Å²) in [7, 11) is 0. The Morgan fingerprint density at radius 1 is 1.11 bits per heavy atom. The molecule has 0 spiro atoms. The predicted molar refractivity (Wildman–Crippen MR) is 111 cm³/mol. The lowest BCUT2D eigenvalue weighted by atomic mass is 10.1. The fourth-order valence-electron chi connectivity index (χ4n) is 3.36. The van der Waals surface area contributed by atoms with E-state index in [-0.39, 0.29) is 5.91 Å². The quantitative estimate of drug-likeness (QED) is 0.760. The number of rotatable bonds is 5. The Morgan fingerprint density at radius 3 is 2.52 bits per heavy atom. The maximum absolute atomic E-state index is 13.0.